The molecule has 3 aromatic rings. The van der Waals surface area contributed by atoms with Crippen molar-refractivity contribution in [3.8, 4) is 28.5 Å². The van der Waals surface area contributed by atoms with Crippen molar-refractivity contribution in [2.45, 2.75) is 18.8 Å². The van der Waals surface area contributed by atoms with Crippen LogP contribution in [0.5, 0.6) is 0 Å². The second-order valence-electron chi connectivity index (χ2n) is 6.12. The molecule has 29 heavy (non-hydrogen) atoms. The normalized spacial score (nSPS) is 11.9. The molecule has 0 radical (unpaired) electrons. The summed E-state index contributed by atoms with van der Waals surface area (Å²) in [4.78, 5) is 4.12. The Balaban J connectivity index is 2.36. The van der Waals surface area contributed by atoms with E-state index in [1.807, 2.05) is 6.07 Å². The molecular formula is C21H12F6N2. The highest BCUT2D eigenvalue weighted by molar-refractivity contribution is 5.84. The average molecular weight is 406 g/mol. The van der Waals surface area contributed by atoms with Crippen LogP contribution >= 0.6 is 0 Å². The molecule has 0 fully saturated rings. The first kappa shape index (κ1) is 20.4. The number of benzene rings is 2. The van der Waals surface area contributed by atoms with E-state index in [9.17, 15) is 26.3 Å². The average Bonchev–Trinajstić information content (AvgIpc) is 2.67. The quantitative estimate of drug-likeness (QED) is 0.465. The van der Waals surface area contributed by atoms with Gasteiger partial charge >= 0.3 is 12.4 Å². The highest BCUT2D eigenvalue weighted by atomic mass is 19.4. The Morgan fingerprint density at radius 2 is 1.21 bits per heavy atom. The van der Waals surface area contributed by atoms with Gasteiger partial charge in [0.2, 0.25) is 0 Å². The van der Waals surface area contributed by atoms with Crippen molar-refractivity contribution in [2.24, 2.45) is 0 Å². The van der Waals surface area contributed by atoms with Crippen LogP contribution in [-0.2, 0) is 18.8 Å². The lowest BCUT2D eigenvalue weighted by Gasteiger charge is -2.18. The second kappa shape index (κ2) is 7.59. The predicted octanol–water partition coefficient (Wildman–Crippen LogP) is 6.52. The van der Waals surface area contributed by atoms with Gasteiger partial charge in [-0.1, -0.05) is 42.5 Å². The molecule has 0 atom stereocenters. The molecule has 1 heterocycles. The number of nitriles is 1. The summed E-state index contributed by atoms with van der Waals surface area (Å²) in [6.07, 6.45) is -9.63. The van der Waals surface area contributed by atoms with Gasteiger partial charge in [0.15, 0.2) is 0 Å². The molecule has 0 amide bonds. The molecule has 0 saturated heterocycles. The van der Waals surface area contributed by atoms with Gasteiger partial charge in [0.25, 0.3) is 0 Å². The summed E-state index contributed by atoms with van der Waals surface area (Å²) < 4.78 is 81.1. The second-order valence-corrected chi connectivity index (χ2v) is 6.12. The van der Waals surface area contributed by atoms with Crippen LogP contribution < -0.4 is 0 Å². The molecule has 0 aliphatic carbocycles. The Bertz CT molecular complexity index is 1080. The topological polar surface area (TPSA) is 36.7 Å². The lowest BCUT2D eigenvalue weighted by molar-refractivity contribution is -0.138. The summed E-state index contributed by atoms with van der Waals surface area (Å²) >= 11 is 0. The number of nitrogens with zero attached hydrogens (tertiary/aromatic N) is 2. The van der Waals surface area contributed by atoms with Gasteiger partial charge in [-0.05, 0) is 23.8 Å². The van der Waals surface area contributed by atoms with Gasteiger partial charge in [-0.15, -0.1) is 0 Å². The van der Waals surface area contributed by atoms with E-state index in [4.69, 9.17) is 5.26 Å². The van der Waals surface area contributed by atoms with Crippen molar-refractivity contribution < 1.29 is 26.3 Å². The minimum Gasteiger partial charge on any atom is -0.251 e. The molecular weight excluding hydrogens is 394 g/mol. The maximum absolute atomic E-state index is 13.5. The van der Waals surface area contributed by atoms with Crippen molar-refractivity contribution in [3.63, 3.8) is 0 Å². The van der Waals surface area contributed by atoms with E-state index < -0.39 is 23.5 Å². The number of hydrogen-bond donors (Lipinski definition) is 0. The fourth-order valence-corrected chi connectivity index (χ4v) is 3.00. The molecule has 0 aliphatic rings. The van der Waals surface area contributed by atoms with E-state index in [0.29, 0.717) is 0 Å². The van der Waals surface area contributed by atoms with Crippen LogP contribution in [0.1, 0.15) is 16.8 Å². The van der Waals surface area contributed by atoms with E-state index in [2.05, 4.69) is 4.98 Å². The highest BCUT2D eigenvalue weighted by Crippen LogP contribution is 2.43. The smallest absolute Gasteiger partial charge is 0.251 e. The van der Waals surface area contributed by atoms with Gasteiger partial charge in [-0.3, -0.25) is 4.98 Å². The van der Waals surface area contributed by atoms with Crippen LogP contribution in [0, 0.1) is 11.3 Å². The summed E-state index contributed by atoms with van der Waals surface area (Å²) in [5.41, 5.74) is -2.85. The molecule has 0 aliphatic heterocycles. The Morgan fingerprint density at radius 3 is 1.76 bits per heavy atom. The van der Waals surface area contributed by atoms with Gasteiger partial charge < -0.3 is 0 Å². The Morgan fingerprint density at radius 1 is 0.690 bits per heavy atom. The van der Waals surface area contributed by atoms with E-state index in [1.165, 1.54) is 42.5 Å². The fraction of sp³-hybridized carbons (Fsp3) is 0.143. The molecule has 2 nitrogen and oxygen atoms in total. The van der Waals surface area contributed by atoms with Crippen molar-refractivity contribution >= 4 is 0 Å². The number of rotatable bonds is 3. The van der Waals surface area contributed by atoms with Crippen molar-refractivity contribution in [3.05, 3.63) is 77.5 Å². The zero-order chi connectivity index (χ0) is 21.2. The first-order valence-corrected chi connectivity index (χ1v) is 8.33. The van der Waals surface area contributed by atoms with Gasteiger partial charge in [0.1, 0.15) is 0 Å². The predicted molar refractivity (Wildman–Crippen MR) is 94.4 cm³/mol. The van der Waals surface area contributed by atoms with Crippen LogP contribution in [0.15, 0.2) is 60.7 Å². The molecule has 3 rings (SSSR count). The fourth-order valence-electron chi connectivity index (χ4n) is 3.00. The highest BCUT2D eigenvalue weighted by Gasteiger charge is 2.36. The van der Waals surface area contributed by atoms with Crippen LogP contribution in [0.25, 0.3) is 22.4 Å². The summed E-state index contributed by atoms with van der Waals surface area (Å²) in [7, 11) is 0. The van der Waals surface area contributed by atoms with Gasteiger partial charge in [0, 0.05) is 11.1 Å². The molecule has 0 bridgehead atoms. The molecule has 1 aromatic heterocycles. The molecule has 0 N–H and O–H groups in total. The number of pyridine rings is 1. The summed E-state index contributed by atoms with van der Waals surface area (Å²) in [5.74, 6) is 0. The zero-order valence-corrected chi connectivity index (χ0v) is 14.6. The van der Waals surface area contributed by atoms with Crippen molar-refractivity contribution in [1.82, 2.24) is 4.98 Å². The number of aromatic nitrogens is 1. The SMILES string of the molecule is N#CCc1ccc(-c2ccccc2C(F)(F)F)c(-c2ccccc2C(F)(F)F)n1. The summed E-state index contributed by atoms with van der Waals surface area (Å²) in [6, 6.07) is 13.6. The van der Waals surface area contributed by atoms with E-state index in [0.717, 1.165) is 18.2 Å². The largest absolute Gasteiger partial charge is 0.417 e. The van der Waals surface area contributed by atoms with Gasteiger partial charge in [-0.2, -0.15) is 31.6 Å². The standard InChI is InChI=1S/C21H12F6N2/c22-20(23,24)17-7-3-1-5-14(17)15-10-9-13(11-12-28)29-19(15)16-6-2-4-8-18(16)21(25,26)27/h1-10H,11H2. The van der Waals surface area contributed by atoms with Crippen LogP contribution in [-0.4, -0.2) is 4.98 Å². The van der Waals surface area contributed by atoms with Gasteiger partial charge in [0.05, 0.1) is 35.0 Å². The molecule has 0 spiro atoms. The first-order valence-electron chi connectivity index (χ1n) is 8.33. The van der Waals surface area contributed by atoms with Gasteiger partial charge in [-0.25, -0.2) is 0 Å². The third-order valence-electron chi connectivity index (χ3n) is 4.22. The maximum Gasteiger partial charge on any atom is 0.417 e. The molecule has 2 aromatic carbocycles. The van der Waals surface area contributed by atoms with E-state index >= 15 is 0 Å². The Labute approximate surface area is 162 Å². The molecule has 148 valence electrons. The third-order valence-corrected chi connectivity index (χ3v) is 4.22. The van der Waals surface area contributed by atoms with Crippen molar-refractivity contribution in [1.29, 1.82) is 5.26 Å². The molecule has 8 heteroatoms. The number of alkyl halides is 6. The number of halogens is 6. The lowest BCUT2D eigenvalue weighted by atomic mass is 9.92. The van der Waals surface area contributed by atoms with Crippen LogP contribution in [0.4, 0.5) is 26.3 Å². The molecule has 0 saturated carbocycles. The minimum absolute atomic E-state index is 0.101. The Hall–Kier alpha value is -3.34. The van der Waals surface area contributed by atoms with Crippen molar-refractivity contribution in [2.75, 3.05) is 0 Å². The summed E-state index contributed by atoms with van der Waals surface area (Å²) in [5, 5.41) is 8.88. The maximum atomic E-state index is 13.5. The van der Waals surface area contributed by atoms with Crippen LogP contribution in [0.2, 0.25) is 0 Å². The van der Waals surface area contributed by atoms with E-state index in [-0.39, 0.29) is 34.5 Å². The lowest BCUT2D eigenvalue weighted by Crippen LogP contribution is -2.10. The molecule has 0 unspecified atom stereocenters. The zero-order valence-electron chi connectivity index (χ0n) is 14.6. The monoisotopic (exact) mass is 406 g/mol. The Kier molecular flexibility index (Phi) is 5.33. The summed E-state index contributed by atoms with van der Waals surface area (Å²) in [6.45, 7) is 0. The van der Waals surface area contributed by atoms with Crippen LogP contribution in [0.3, 0.4) is 0 Å². The van der Waals surface area contributed by atoms with E-state index in [1.54, 1.807) is 0 Å². The third kappa shape index (κ3) is 4.24. The minimum atomic E-state index is -4.73. The number of hydrogen-bond acceptors (Lipinski definition) is 2. The first-order chi connectivity index (χ1) is 13.6.